The van der Waals surface area contributed by atoms with Crippen molar-refractivity contribution in [2.75, 3.05) is 13.2 Å². The first-order valence-corrected chi connectivity index (χ1v) is 7.43. The van der Waals surface area contributed by atoms with E-state index in [0.717, 1.165) is 25.5 Å². The standard InChI is InChI=1S/C15H31NO/c1-4-5-14-6-8-15(12-16,9-7-14)10-11-17-13(2)3/h13-14H,4-12,16H2,1-3H3. The number of hydrogen-bond acceptors (Lipinski definition) is 2. The van der Waals surface area contributed by atoms with Crippen LogP contribution in [-0.4, -0.2) is 19.3 Å². The first kappa shape index (κ1) is 15.0. The third-order valence-corrected chi connectivity index (χ3v) is 4.38. The van der Waals surface area contributed by atoms with Crippen LogP contribution in [0.2, 0.25) is 0 Å². The summed E-state index contributed by atoms with van der Waals surface area (Å²) in [4.78, 5) is 0. The number of nitrogens with two attached hydrogens (primary N) is 1. The zero-order chi connectivity index (χ0) is 12.7. The van der Waals surface area contributed by atoms with E-state index < -0.39 is 0 Å². The molecule has 0 unspecified atom stereocenters. The highest BCUT2D eigenvalue weighted by molar-refractivity contribution is 4.86. The number of hydrogen-bond donors (Lipinski definition) is 1. The predicted molar refractivity (Wildman–Crippen MR) is 74.1 cm³/mol. The normalized spacial score (nSPS) is 29.8. The molecule has 0 atom stereocenters. The summed E-state index contributed by atoms with van der Waals surface area (Å²) in [5.41, 5.74) is 6.41. The predicted octanol–water partition coefficient (Wildman–Crippen LogP) is 3.74. The fourth-order valence-corrected chi connectivity index (χ4v) is 3.05. The summed E-state index contributed by atoms with van der Waals surface area (Å²) in [6, 6.07) is 0. The Morgan fingerprint density at radius 1 is 1.29 bits per heavy atom. The Kier molecular flexibility index (Phi) is 6.50. The van der Waals surface area contributed by atoms with Gasteiger partial charge in [0.05, 0.1) is 6.10 Å². The lowest BCUT2D eigenvalue weighted by molar-refractivity contribution is 0.0354. The zero-order valence-electron chi connectivity index (χ0n) is 12.0. The summed E-state index contributed by atoms with van der Waals surface area (Å²) in [7, 11) is 0. The van der Waals surface area contributed by atoms with Gasteiger partial charge in [0.1, 0.15) is 0 Å². The molecule has 2 heteroatoms. The minimum atomic E-state index is 0.348. The molecule has 17 heavy (non-hydrogen) atoms. The molecule has 1 aliphatic rings. The molecule has 2 nitrogen and oxygen atoms in total. The van der Waals surface area contributed by atoms with Gasteiger partial charge >= 0.3 is 0 Å². The summed E-state index contributed by atoms with van der Waals surface area (Å²) in [6.45, 7) is 8.22. The second-order valence-corrected chi connectivity index (χ2v) is 6.11. The van der Waals surface area contributed by atoms with Crippen molar-refractivity contribution in [1.82, 2.24) is 0 Å². The van der Waals surface area contributed by atoms with Crippen molar-refractivity contribution in [3.8, 4) is 0 Å². The Morgan fingerprint density at radius 2 is 1.94 bits per heavy atom. The molecule has 1 rings (SSSR count). The molecule has 102 valence electrons. The zero-order valence-corrected chi connectivity index (χ0v) is 12.0. The summed E-state index contributed by atoms with van der Waals surface area (Å²) in [5, 5.41) is 0. The van der Waals surface area contributed by atoms with E-state index in [4.69, 9.17) is 10.5 Å². The van der Waals surface area contributed by atoms with Gasteiger partial charge in [0.25, 0.3) is 0 Å². The van der Waals surface area contributed by atoms with E-state index >= 15 is 0 Å². The van der Waals surface area contributed by atoms with Crippen LogP contribution in [0.25, 0.3) is 0 Å². The molecule has 0 heterocycles. The van der Waals surface area contributed by atoms with Crippen molar-refractivity contribution in [2.24, 2.45) is 17.1 Å². The van der Waals surface area contributed by atoms with Gasteiger partial charge < -0.3 is 10.5 Å². The fourth-order valence-electron chi connectivity index (χ4n) is 3.05. The molecule has 0 saturated heterocycles. The molecule has 0 aromatic rings. The van der Waals surface area contributed by atoms with Crippen LogP contribution < -0.4 is 5.73 Å². The van der Waals surface area contributed by atoms with Gasteiger partial charge in [-0.1, -0.05) is 19.8 Å². The first-order chi connectivity index (χ1) is 8.12. The molecule has 0 aromatic carbocycles. The Balaban J connectivity index is 2.33. The molecular weight excluding hydrogens is 210 g/mol. The highest BCUT2D eigenvalue weighted by atomic mass is 16.5. The molecule has 0 spiro atoms. The maximum atomic E-state index is 6.02. The third-order valence-electron chi connectivity index (χ3n) is 4.38. The van der Waals surface area contributed by atoms with Crippen molar-refractivity contribution in [2.45, 2.75) is 71.8 Å². The van der Waals surface area contributed by atoms with Crippen molar-refractivity contribution in [3.63, 3.8) is 0 Å². The minimum absolute atomic E-state index is 0.348. The molecule has 0 radical (unpaired) electrons. The van der Waals surface area contributed by atoms with Crippen molar-refractivity contribution in [1.29, 1.82) is 0 Å². The van der Waals surface area contributed by atoms with Crippen molar-refractivity contribution in [3.05, 3.63) is 0 Å². The van der Waals surface area contributed by atoms with E-state index in [1.807, 2.05) is 0 Å². The molecule has 0 amide bonds. The molecule has 0 bridgehead atoms. The van der Waals surface area contributed by atoms with Gasteiger partial charge in [0, 0.05) is 6.61 Å². The van der Waals surface area contributed by atoms with Gasteiger partial charge in [-0.3, -0.25) is 0 Å². The maximum Gasteiger partial charge on any atom is 0.0518 e. The fraction of sp³-hybridized carbons (Fsp3) is 1.00. The van der Waals surface area contributed by atoms with E-state index in [0.29, 0.717) is 11.5 Å². The van der Waals surface area contributed by atoms with Gasteiger partial charge in [-0.25, -0.2) is 0 Å². The van der Waals surface area contributed by atoms with Crippen LogP contribution in [0.15, 0.2) is 0 Å². The quantitative estimate of drug-likeness (QED) is 0.737. The average molecular weight is 241 g/mol. The van der Waals surface area contributed by atoms with Gasteiger partial charge in [-0.2, -0.15) is 0 Å². The van der Waals surface area contributed by atoms with E-state index in [9.17, 15) is 0 Å². The third kappa shape index (κ3) is 4.97. The monoisotopic (exact) mass is 241 g/mol. The molecule has 1 fully saturated rings. The Hall–Kier alpha value is -0.0800. The molecule has 0 aliphatic heterocycles. The second kappa shape index (κ2) is 7.38. The van der Waals surface area contributed by atoms with Crippen LogP contribution in [0.3, 0.4) is 0 Å². The van der Waals surface area contributed by atoms with Crippen molar-refractivity contribution >= 4 is 0 Å². The van der Waals surface area contributed by atoms with Crippen LogP contribution >= 0.6 is 0 Å². The molecule has 0 aromatic heterocycles. The van der Waals surface area contributed by atoms with Gasteiger partial charge in [0.15, 0.2) is 0 Å². The van der Waals surface area contributed by atoms with Crippen LogP contribution in [0.1, 0.15) is 65.7 Å². The SMILES string of the molecule is CCCC1CCC(CN)(CCOC(C)C)CC1. The Morgan fingerprint density at radius 3 is 2.41 bits per heavy atom. The Labute approximate surface area is 107 Å². The lowest BCUT2D eigenvalue weighted by atomic mass is 9.68. The van der Waals surface area contributed by atoms with Gasteiger partial charge in [0.2, 0.25) is 0 Å². The minimum Gasteiger partial charge on any atom is -0.379 e. The Bertz CT molecular complexity index is 195. The van der Waals surface area contributed by atoms with E-state index in [1.54, 1.807) is 0 Å². The second-order valence-electron chi connectivity index (χ2n) is 6.11. The van der Waals surface area contributed by atoms with E-state index in [2.05, 4.69) is 20.8 Å². The molecule has 1 aliphatic carbocycles. The smallest absolute Gasteiger partial charge is 0.0518 e. The summed E-state index contributed by atoms with van der Waals surface area (Å²) in [6.07, 6.45) is 9.63. The first-order valence-electron chi connectivity index (χ1n) is 7.43. The summed E-state index contributed by atoms with van der Waals surface area (Å²) in [5.74, 6) is 0.964. The molecule has 1 saturated carbocycles. The molecular formula is C15H31NO. The van der Waals surface area contributed by atoms with E-state index in [1.165, 1.54) is 38.5 Å². The summed E-state index contributed by atoms with van der Waals surface area (Å²) >= 11 is 0. The largest absolute Gasteiger partial charge is 0.379 e. The van der Waals surface area contributed by atoms with Crippen LogP contribution in [0.5, 0.6) is 0 Å². The lowest BCUT2D eigenvalue weighted by Crippen LogP contribution is -2.36. The average Bonchev–Trinajstić information content (AvgIpc) is 2.31. The van der Waals surface area contributed by atoms with E-state index in [-0.39, 0.29) is 0 Å². The van der Waals surface area contributed by atoms with Crippen molar-refractivity contribution < 1.29 is 4.74 Å². The lowest BCUT2D eigenvalue weighted by Gasteiger charge is -2.39. The topological polar surface area (TPSA) is 35.2 Å². The van der Waals surface area contributed by atoms with Crippen LogP contribution in [0.4, 0.5) is 0 Å². The van der Waals surface area contributed by atoms with Crippen LogP contribution in [-0.2, 0) is 4.74 Å². The van der Waals surface area contributed by atoms with Crippen LogP contribution in [0, 0.1) is 11.3 Å². The number of ether oxygens (including phenoxy) is 1. The molecule has 2 N–H and O–H groups in total. The van der Waals surface area contributed by atoms with Gasteiger partial charge in [-0.05, 0) is 63.8 Å². The highest BCUT2D eigenvalue weighted by Gasteiger charge is 2.33. The summed E-state index contributed by atoms with van der Waals surface area (Å²) < 4.78 is 5.69. The highest BCUT2D eigenvalue weighted by Crippen LogP contribution is 2.42. The maximum absolute atomic E-state index is 6.02. The number of rotatable bonds is 7. The van der Waals surface area contributed by atoms with Gasteiger partial charge in [-0.15, -0.1) is 0 Å².